The summed E-state index contributed by atoms with van der Waals surface area (Å²) < 4.78 is 7.69. The smallest absolute Gasteiger partial charge is 0.132 e. The summed E-state index contributed by atoms with van der Waals surface area (Å²) in [4.78, 5) is 4.26. The van der Waals surface area contributed by atoms with Gasteiger partial charge in [-0.2, -0.15) is 0 Å². The summed E-state index contributed by atoms with van der Waals surface area (Å²) in [6.07, 6.45) is 3.84. The molecular formula is C13H16N2O. The van der Waals surface area contributed by atoms with Crippen LogP contribution in [0.2, 0.25) is 0 Å². The fourth-order valence-electron chi connectivity index (χ4n) is 1.52. The van der Waals surface area contributed by atoms with Crippen molar-refractivity contribution in [2.24, 2.45) is 0 Å². The number of nitrogens with zero attached hydrogens (tertiary/aromatic N) is 2. The standard InChI is InChI=1S/C13H16N2O/c1-3-15-8-12(14-10-15)9-16-13-6-4-5-11(2)7-13/h4-8,10H,3,9H2,1-2H3. The van der Waals surface area contributed by atoms with Gasteiger partial charge in [-0.1, -0.05) is 12.1 Å². The molecule has 84 valence electrons. The highest BCUT2D eigenvalue weighted by Gasteiger charge is 1.99. The van der Waals surface area contributed by atoms with Crippen LogP contribution in [0.5, 0.6) is 5.75 Å². The van der Waals surface area contributed by atoms with Gasteiger partial charge in [0.25, 0.3) is 0 Å². The predicted octanol–water partition coefficient (Wildman–Crippen LogP) is 2.79. The van der Waals surface area contributed by atoms with Crippen LogP contribution in [-0.2, 0) is 13.2 Å². The number of ether oxygens (including phenoxy) is 1. The zero-order valence-corrected chi connectivity index (χ0v) is 9.68. The van der Waals surface area contributed by atoms with Crippen molar-refractivity contribution in [3.8, 4) is 5.75 Å². The molecule has 16 heavy (non-hydrogen) atoms. The van der Waals surface area contributed by atoms with Gasteiger partial charge in [-0.3, -0.25) is 0 Å². The van der Waals surface area contributed by atoms with Crippen molar-refractivity contribution in [2.75, 3.05) is 0 Å². The molecule has 0 radical (unpaired) electrons. The number of rotatable bonds is 4. The number of hydrogen-bond acceptors (Lipinski definition) is 2. The van der Waals surface area contributed by atoms with Crippen molar-refractivity contribution in [3.05, 3.63) is 48.0 Å². The topological polar surface area (TPSA) is 27.1 Å². The van der Waals surface area contributed by atoms with E-state index in [1.807, 2.05) is 35.3 Å². The van der Waals surface area contributed by atoms with Gasteiger partial charge in [0.2, 0.25) is 0 Å². The Morgan fingerprint density at radius 2 is 2.25 bits per heavy atom. The molecule has 0 aliphatic heterocycles. The molecule has 0 unspecified atom stereocenters. The Bertz CT molecular complexity index is 462. The highest BCUT2D eigenvalue weighted by molar-refractivity contribution is 5.27. The van der Waals surface area contributed by atoms with Crippen LogP contribution in [0.25, 0.3) is 0 Å². The summed E-state index contributed by atoms with van der Waals surface area (Å²) in [5.74, 6) is 0.894. The molecule has 1 aromatic carbocycles. The molecule has 1 heterocycles. The first-order valence-corrected chi connectivity index (χ1v) is 5.48. The maximum Gasteiger partial charge on any atom is 0.132 e. The molecule has 1 aromatic heterocycles. The van der Waals surface area contributed by atoms with E-state index >= 15 is 0 Å². The molecule has 0 spiro atoms. The summed E-state index contributed by atoms with van der Waals surface area (Å²) in [6.45, 7) is 5.61. The molecule has 2 rings (SSSR count). The zero-order chi connectivity index (χ0) is 11.4. The Morgan fingerprint density at radius 3 is 2.94 bits per heavy atom. The fraction of sp³-hybridized carbons (Fsp3) is 0.308. The molecule has 0 N–H and O–H groups in total. The SMILES string of the molecule is CCn1cnc(COc2cccc(C)c2)c1. The van der Waals surface area contributed by atoms with Crippen molar-refractivity contribution < 1.29 is 4.74 Å². The molecule has 3 nitrogen and oxygen atoms in total. The van der Waals surface area contributed by atoms with E-state index in [2.05, 4.69) is 24.9 Å². The third-order valence-electron chi connectivity index (χ3n) is 2.43. The molecule has 3 heteroatoms. The van der Waals surface area contributed by atoms with Gasteiger partial charge in [0.1, 0.15) is 12.4 Å². The molecule has 0 fully saturated rings. The summed E-state index contributed by atoms with van der Waals surface area (Å²) in [5, 5.41) is 0. The summed E-state index contributed by atoms with van der Waals surface area (Å²) >= 11 is 0. The Morgan fingerprint density at radius 1 is 1.38 bits per heavy atom. The molecule has 0 aliphatic rings. The van der Waals surface area contributed by atoms with Crippen LogP contribution in [-0.4, -0.2) is 9.55 Å². The van der Waals surface area contributed by atoms with E-state index in [4.69, 9.17) is 4.74 Å². The van der Waals surface area contributed by atoms with Gasteiger partial charge in [0, 0.05) is 12.7 Å². The number of aromatic nitrogens is 2. The minimum Gasteiger partial charge on any atom is -0.487 e. The molecule has 0 bridgehead atoms. The van der Waals surface area contributed by atoms with E-state index < -0.39 is 0 Å². The Balaban J connectivity index is 1.96. The van der Waals surface area contributed by atoms with Crippen molar-refractivity contribution in [1.29, 1.82) is 0 Å². The van der Waals surface area contributed by atoms with Gasteiger partial charge in [0.15, 0.2) is 0 Å². The highest BCUT2D eigenvalue weighted by atomic mass is 16.5. The van der Waals surface area contributed by atoms with Gasteiger partial charge in [-0.15, -0.1) is 0 Å². The van der Waals surface area contributed by atoms with Crippen LogP contribution in [0.3, 0.4) is 0 Å². The lowest BCUT2D eigenvalue weighted by Gasteiger charge is -2.04. The van der Waals surface area contributed by atoms with E-state index in [1.165, 1.54) is 5.56 Å². The fourth-order valence-corrected chi connectivity index (χ4v) is 1.52. The number of benzene rings is 1. The molecule has 0 amide bonds. The first kappa shape index (κ1) is 10.7. The zero-order valence-electron chi connectivity index (χ0n) is 9.68. The lowest BCUT2D eigenvalue weighted by molar-refractivity contribution is 0.301. The Hall–Kier alpha value is -1.77. The Labute approximate surface area is 95.7 Å². The summed E-state index contributed by atoms with van der Waals surface area (Å²) in [6, 6.07) is 8.04. The van der Waals surface area contributed by atoms with E-state index in [0.717, 1.165) is 18.0 Å². The van der Waals surface area contributed by atoms with E-state index in [1.54, 1.807) is 0 Å². The van der Waals surface area contributed by atoms with E-state index in [9.17, 15) is 0 Å². The average Bonchev–Trinajstić information content (AvgIpc) is 2.74. The molecule has 2 aromatic rings. The highest BCUT2D eigenvalue weighted by Crippen LogP contribution is 2.13. The van der Waals surface area contributed by atoms with Crippen LogP contribution in [0.15, 0.2) is 36.8 Å². The van der Waals surface area contributed by atoms with Crippen molar-refractivity contribution >= 4 is 0 Å². The van der Waals surface area contributed by atoms with Crippen LogP contribution in [0.1, 0.15) is 18.2 Å². The molecule has 0 saturated heterocycles. The molecular weight excluding hydrogens is 200 g/mol. The monoisotopic (exact) mass is 216 g/mol. The second kappa shape index (κ2) is 4.84. The second-order valence-corrected chi connectivity index (χ2v) is 3.80. The average molecular weight is 216 g/mol. The van der Waals surface area contributed by atoms with E-state index in [-0.39, 0.29) is 0 Å². The van der Waals surface area contributed by atoms with Crippen LogP contribution < -0.4 is 4.74 Å². The molecule has 0 atom stereocenters. The molecule has 0 aliphatic carbocycles. The van der Waals surface area contributed by atoms with Gasteiger partial charge < -0.3 is 9.30 Å². The third-order valence-corrected chi connectivity index (χ3v) is 2.43. The van der Waals surface area contributed by atoms with Crippen molar-refractivity contribution in [3.63, 3.8) is 0 Å². The van der Waals surface area contributed by atoms with Crippen LogP contribution >= 0.6 is 0 Å². The van der Waals surface area contributed by atoms with Gasteiger partial charge in [0.05, 0.1) is 12.0 Å². The predicted molar refractivity (Wildman–Crippen MR) is 63.4 cm³/mol. The Kier molecular flexibility index (Phi) is 3.25. The van der Waals surface area contributed by atoms with Crippen LogP contribution in [0, 0.1) is 6.92 Å². The largest absolute Gasteiger partial charge is 0.487 e. The van der Waals surface area contributed by atoms with Gasteiger partial charge in [-0.25, -0.2) is 4.98 Å². The number of aryl methyl sites for hydroxylation is 2. The second-order valence-electron chi connectivity index (χ2n) is 3.80. The third kappa shape index (κ3) is 2.63. The van der Waals surface area contributed by atoms with Crippen molar-refractivity contribution in [1.82, 2.24) is 9.55 Å². The number of hydrogen-bond donors (Lipinski definition) is 0. The maximum absolute atomic E-state index is 5.65. The normalized spacial score (nSPS) is 10.4. The lowest BCUT2D eigenvalue weighted by atomic mass is 10.2. The lowest BCUT2D eigenvalue weighted by Crippen LogP contribution is -1.96. The quantitative estimate of drug-likeness (QED) is 0.785. The van der Waals surface area contributed by atoms with E-state index in [0.29, 0.717) is 6.61 Å². The first-order valence-electron chi connectivity index (χ1n) is 5.48. The van der Waals surface area contributed by atoms with Crippen molar-refractivity contribution in [2.45, 2.75) is 27.0 Å². The van der Waals surface area contributed by atoms with Gasteiger partial charge >= 0.3 is 0 Å². The first-order chi connectivity index (χ1) is 7.78. The minimum atomic E-state index is 0.524. The van der Waals surface area contributed by atoms with Crippen LogP contribution in [0.4, 0.5) is 0 Å². The minimum absolute atomic E-state index is 0.524. The summed E-state index contributed by atoms with van der Waals surface area (Å²) in [7, 11) is 0. The summed E-state index contributed by atoms with van der Waals surface area (Å²) in [5.41, 5.74) is 2.17. The van der Waals surface area contributed by atoms with Gasteiger partial charge in [-0.05, 0) is 31.5 Å². The number of imidazole rings is 1. The maximum atomic E-state index is 5.65. The molecule has 0 saturated carbocycles.